The maximum absolute atomic E-state index is 12.6. The third kappa shape index (κ3) is 2.36. The van der Waals surface area contributed by atoms with Crippen LogP contribution in [-0.4, -0.2) is 27.2 Å². The number of pyridine rings is 1. The molecule has 0 spiro atoms. The monoisotopic (exact) mass is 356 g/mol. The number of amides is 1. The topological polar surface area (TPSA) is 79.8 Å². The maximum atomic E-state index is 12.6. The van der Waals surface area contributed by atoms with Crippen LogP contribution in [0.25, 0.3) is 22.2 Å². The number of aromatic nitrogens is 3. The molecule has 3 aromatic rings. The van der Waals surface area contributed by atoms with Gasteiger partial charge in [-0.3, -0.25) is 14.3 Å². The fourth-order valence-electron chi connectivity index (χ4n) is 3.43. The normalized spacial score (nSPS) is 20.2. The number of aromatic amines is 1. The number of fused-ring (bicyclic) bond motifs is 1. The molecular formula is C18H17ClN4O2. The highest BCUT2D eigenvalue weighted by molar-refractivity contribution is 6.35. The molecule has 1 fully saturated rings. The minimum Gasteiger partial charge on any atom is -0.355 e. The minimum absolute atomic E-state index is 0.106. The number of hydrogen-bond donors (Lipinski definition) is 2. The molecule has 0 aliphatic carbocycles. The molecule has 128 valence electrons. The number of nitrogens with zero attached hydrogens (tertiary/aromatic N) is 2. The Balaban J connectivity index is 1.83. The van der Waals surface area contributed by atoms with Crippen molar-refractivity contribution in [3.8, 4) is 11.3 Å². The van der Waals surface area contributed by atoms with Gasteiger partial charge in [0.15, 0.2) is 0 Å². The van der Waals surface area contributed by atoms with Gasteiger partial charge in [-0.25, -0.2) is 0 Å². The second-order valence-corrected chi connectivity index (χ2v) is 7.02. The molecule has 6 nitrogen and oxygen atoms in total. The van der Waals surface area contributed by atoms with Crippen LogP contribution in [0.2, 0.25) is 5.02 Å². The van der Waals surface area contributed by atoms with E-state index >= 15 is 0 Å². The fourth-order valence-corrected chi connectivity index (χ4v) is 3.69. The van der Waals surface area contributed by atoms with Gasteiger partial charge < -0.3 is 10.3 Å². The van der Waals surface area contributed by atoms with E-state index in [1.54, 1.807) is 29.9 Å². The van der Waals surface area contributed by atoms with Crippen LogP contribution in [0.3, 0.4) is 0 Å². The summed E-state index contributed by atoms with van der Waals surface area (Å²) in [5, 5.41) is 8.44. The summed E-state index contributed by atoms with van der Waals surface area (Å²) in [7, 11) is 1.84. The highest BCUT2D eigenvalue weighted by Crippen LogP contribution is 2.32. The van der Waals surface area contributed by atoms with Gasteiger partial charge in [0.25, 0.3) is 5.56 Å². The van der Waals surface area contributed by atoms with Crippen molar-refractivity contribution >= 4 is 28.4 Å². The number of hydrogen-bond acceptors (Lipinski definition) is 3. The number of halogens is 1. The first-order valence-electron chi connectivity index (χ1n) is 8.04. The van der Waals surface area contributed by atoms with E-state index in [2.05, 4.69) is 15.4 Å². The van der Waals surface area contributed by atoms with E-state index in [1.807, 2.05) is 19.2 Å². The molecule has 1 aliphatic rings. The summed E-state index contributed by atoms with van der Waals surface area (Å²) in [5.41, 5.74) is 1.79. The lowest BCUT2D eigenvalue weighted by Gasteiger charge is -2.20. The zero-order valence-corrected chi connectivity index (χ0v) is 14.6. The van der Waals surface area contributed by atoms with Crippen LogP contribution in [-0.2, 0) is 17.3 Å². The van der Waals surface area contributed by atoms with Crippen molar-refractivity contribution < 1.29 is 4.79 Å². The predicted octanol–water partition coefficient (Wildman–Crippen LogP) is 2.36. The Morgan fingerprint density at radius 2 is 2.08 bits per heavy atom. The molecule has 1 saturated heterocycles. The highest BCUT2D eigenvalue weighted by Gasteiger charge is 2.41. The van der Waals surface area contributed by atoms with Gasteiger partial charge in [0.2, 0.25) is 5.91 Å². The Morgan fingerprint density at radius 3 is 2.76 bits per heavy atom. The molecule has 1 atom stereocenters. The summed E-state index contributed by atoms with van der Waals surface area (Å²) < 4.78 is 1.74. The molecule has 0 saturated carbocycles. The standard InChI is InChI=1S/C18H17ClN4O2/c1-18(5-6-20-17(18)25)12-3-4-14(22-16(12)24)10-7-13(19)11-9-21-23(2)15(11)8-10/h3-4,7-9H,5-6H2,1-2H3,(H,20,25)(H,22,24)/t18-/m1/s1. The van der Waals surface area contributed by atoms with Crippen LogP contribution >= 0.6 is 11.6 Å². The van der Waals surface area contributed by atoms with E-state index in [0.29, 0.717) is 29.2 Å². The molecule has 1 aliphatic heterocycles. The molecule has 1 amide bonds. The molecule has 2 N–H and O–H groups in total. The second kappa shape index (κ2) is 5.46. The number of rotatable bonds is 2. The summed E-state index contributed by atoms with van der Waals surface area (Å²) in [6.07, 6.45) is 2.33. The average Bonchev–Trinajstić information content (AvgIpc) is 3.12. The summed E-state index contributed by atoms with van der Waals surface area (Å²) in [6.45, 7) is 2.39. The quantitative estimate of drug-likeness (QED) is 0.739. The van der Waals surface area contributed by atoms with E-state index in [4.69, 9.17) is 11.6 Å². The lowest BCUT2D eigenvalue weighted by Crippen LogP contribution is -2.37. The van der Waals surface area contributed by atoms with Crippen molar-refractivity contribution in [1.29, 1.82) is 0 Å². The van der Waals surface area contributed by atoms with Crippen LogP contribution < -0.4 is 10.9 Å². The van der Waals surface area contributed by atoms with Gasteiger partial charge >= 0.3 is 0 Å². The molecule has 2 aromatic heterocycles. The number of aryl methyl sites for hydroxylation is 1. The number of nitrogens with one attached hydrogen (secondary N) is 2. The molecule has 0 unspecified atom stereocenters. The Kier molecular flexibility index (Phi) is 3.47. The van der Waals surface area contributed by atoms with E-state index in [9.17, 15) is 9.59 Å². The number of benzene rings is 1. The summed E-state index contributed by atoms with van der Waals surface area (Å²) in [4.78, 5) is 27.6. The van der Waals surface area contributed by atoms with Gasteiger partial charge in [0.05, 0.1) is 22.2 Å². The molecule has 7 heteroatoms. The van der Waals surface area contributed by atoms with Crippen molar-refractivity contribution in [3.63, 3.8) is 0 Å². The predicted molar refractivity (Wildman–Crippen MR) is 96.8 cm³/mol. The molecule has 1 aromatic carbocycles. The summed E-state index contributed by atoms with van der Waals surface area (Å²) in [6, 6.07) is 7.30. The van der Waals surface area contributed by atoms with Crippen LogP contribution in [0.4, 0.5) is 0 Å². The largest absolute Gasteiger partial charge is 0.355 e. The van der Waals surface area contributed by atoms with Crippen LogP contribution in [0.15, 0.2) is 35.3 Å². The highest BCUT2D eigenvalue weighted by atomic mass is 35.5. The zero-order valence-electron chi connectivity index (χ0n) is 13.9. The lowest BCUT2D eigenvalue weighted by atomic mass is 9.81. The molecule has 0 radical (unpaired) electrons. The lowest BCUT2D eigenvalue weighted by molar-refractivity contribution is -0.123. The maximum Gasteiger partial charge on any atom is 0.252 e. The Hall–Kier alpha value is -2.60. The van der Waals surface area contributed by atoms with Crippen molar-refractivity contribution in [2.75, 3.05) is 6.54 Å². The minimum atomic E-state index is -0.782. The first kappa shape index (κ1) is 15.9. The summed E-state index contributed by atoms with van der Waals surface area (Å²) in [5.74, 6) is -0.106. The SMILES string of the molecule is Cn1ncc2c(Cl)cc(-c3ccc([C@@]4(C)CCNC4=O)c(=O)[nH]3)cc21. The van der Waals surface area contributed by atoms with Crippen LogP contribution in [0.1, 0.15) is 18.9 Å². The van der Waals surface area contributed by atoms with Crippen molar-refractivity contribution in [3.05, 3.63) is 51.4 Å². The van der Waals surface area contributed by atoms with E-state index in [1.165, 1.54) is 0 Å². The van der Waals surface area contributed by atoms with Crippen molar-refractivity contribution in [1.82, 2.24) is 20.1 Å². The van der Waals surface area contributed by atoms with Crippen LogP contribution in [0.5, 0.6) is 0 Å². The Bertz CT molecular complexity index is 1070. The van der Waals surface area contributed by atoms with Gasteiger partial charge in [0.1, 0.15) is 0 Å². The molecule has 25 heavy (non-hydrogen) atoms. The number of H-pyrrole nitrogens is 1. The van der Waals surface area contributed by atoms with E-state index in [-0.39, 0.29) is 11.5 Å². The number of carbonyl (C=O) groups is 1. The Labute approximate surface area is 148 Å². The average molecular weight is 357 g/mol. The Morgan fingerprint density at radius 1 is 1.28 bits per heavy atom. The number of carbonyl (C=O) groups excluding carboxylic acids is 1. The third-order valence-corrected chi connectivity index (χ3v) is 5.36. The first-order chi connectivity index (χ1) is 11.9. The molecule has 4 rings (SSSR count). The van der Waals surface area contributed by atoms with Gasteiger partial charge in [-0.15, -0.1) is 0 Å². The van der Waals surface area contributed by atoms with E-state index < -0.39 is 5.41 Å². The van der Waals surface area contributed by atoms with Gasteiger partial charge in [-0.2, -0.15) is 5.10 Å². The zero-order chi connectivity index (χ0) is 17.8. The van der Waals surface area contributed by atoms with E-state index in [0.717, 1.165) is 16.5 Å². The molecule has 0 bridgehead atoms. The fraction of sp³-hybridized carbons (Fsp3) is 0.278. The smallest absolute Gasteiger partial charge is 0.252 e. The molecular weight excluding hydrogens is 340 g/mol. The van der Waals surface area contributed by atoms with Crippen molar-refractivity contribution in [2.45, 2.75) is 18.8 Å². The van der Waals surface area contributed by atoms with Gasteiger partial charge in [0, 0.05) is 35.8 Å². The van der Waals surface area contributed by atoms with Crippen molar-refractivity contribution in [2.24, 2.45) is 7.05 Å². The first-order valence-corrected chi connectivity index (χ1v) is 8.42. The third-order valence-electron chi connectivity index (χ3n) is 5.04. The molecule has 3 heterocycles. The van der Waals surface area contributed by atoms with Gasteiger partial charge in [-0.05, 0) is 31.5 Å². The second-order valence-electron chi connectivity index (χ2n) is 6.61. The van der Waals surface area contributed by atoms with Crippen LogP contribution in [0, 0.1) is 0 Å². The van der Waals surface area contributed by atoms with Gasteiger partial charge in [-0.1, -0.05) is 17.7 Å². The summed E-state index contributed by atoms with van der Waals surface area (Å²) >= 11 is 6.34.